The summed E-state index contributed by atoms with van der Waals surface area (Å²) in [6.07, 6.45) is 2.07. The fourth-order valence-corrected chi connectivity index (χ4v) is 2.58. The molecule has 0 heterocycles. The van der Waals surface area contributed by atoms with E-state index in [-0.39, 0.29) is 5.91 Å². The van der Waals surface area contributed by atoms with Gasteiger partial charge in [0.2, 0.25) is 0 Å². The predicted molar refractivity (Wildman–Crippen MR) is 93.9 cm³/mol. The molecule has 1 fully saturated rings. The van der Waals surface area contributed by atoms with E-state index in [1.165, 1.54) is 18.4 Å². The molecule has 0 bridgehead atoms. The number of likely N-dealkylation sites (N-methyl/N-ethyl adjacent to an activating group) is 1. The first kappa shape index (κ1) is 17.8. The average molecular weight is 318 g/mol. The van der Waals surface area contributed by atoms with Crippen LogP contribution in [0.25, 0.3) is 0 Å². The smallest absolute Gasteiger partial charge is 0.260 e. The lowest BCUT2D eigenvalue weighted by molar-refractivity contribution is -0.127. The molecule has 1 aliphatic carbocycles. The highest BCUT2D eigenvalue weighted by Crippen LogP contribution is 2.26. The second kappa shape index (κ2) is 7.82. The normalized spacial score (nSPS) is 17.2. The predicted octanol–water partition coefficient (Wildman–Crippen LogP) is 3.18. The summed E-state index contributed by atoms with van der Waals surface area (Å²) >= 11 is 0. The first-order valence-corrected chi connectivity index (χ1v) is 8.64. The lowest BCUT2D eigenvalue weighted by Crippen LogP contribution is -2.44. The lowest BCUT2D eigenvalue weighted by atomic mass is 10.0. The van der Waals surface area contributed by atoms with Crippen LogP contribution in [0.5, 0.6) is 5.75 Å². The van der Waals surface area contributed by atoms with Crippen LogP contribution in [-0.4, -0.2) is 42.6 Å². The largest absolute Gasteiger partial charge is 0.481 e. The van der Waals surface area contributed by atoms with Crippen molar-refractivity contribution >= 4 is 5.91 Å². The van der Waals surface area contributed by atoms with Gasteiger partial charge in [-0.2, -0.15) is 0 Å². The zero-order valence-corrected chi connectivity index (χ0v) is 15.0. The average Bonchev–Trinajstić information content (AvgIpc) is 3.36. The molecule has 2 unspecified atom stereocenters. The van der Waals surface area contributed by atoms with Crippen molar-refractivity contribution in [1.82, 2.24) is 10.2 Å². The van der Waals surface area contributed by atoms with Crippen LogP contribution < -0.4 is 10.1 Å². The molecule has 0 spiro atoms. The quantitative estimate of drug-likeness (QED) is 0.800. The Morgan fingerprint density at radius 1 is 1.30 bits per heavy atom. The lowest BCUT2D eigenvalue weighted by Gasteiger charge is -2.25. The van der Waals surface area contributed by atoms with E-state index >= 15 is 0 Å². The van der Waals surface area contributed by atoms with Crippen molar-refractivity contribution in [2.24, 2.45) is 0 Å². The maximum absolute atomic E-state index is 12.2. The Kier molecular flexibility index (Phi) is 6.05. The molecular formula is C19H30N2O2. The number of hydrogen-bond acceptors (Lipinski definition) is 3. The molecule has 0 radical (unpaired) electrons. The number of hydrogen-bond donors (Lipinski definition) is 1. The van der Waals surface area contributed by atoms with Crippen LogP contribution in [0.2, 0.25) is 0 Å². The molecule has 0 aliphatic heterocycles. The summed E-state index contributed by atoms with van der Waals surface area (Å²) in [5.41, 5.74) is 1.22. The number of rotatable bonds is 8. The Bertz CT molecular complexity index is 526. The van der Waals surface area contributed by atoms with Crippen LogP contribution in [0, 0.1) is 0 Å². The molecule has 1 amide bonds. The number of nitrogens with zero attached hydrogens (tertiary/aromatic N) is 1. The highest BCUT2D eigenvalue weighted by molar-refractivity contribution is 5.80. The fraction of sp³-hybridized carbons (Fsp3) is 0.632. The summed E-state index contributed by atoms with van der Waals surface area (Å²) in [6, 6.07) is 9.02. The van der Waals surface area contributed by atoms with Gasteiger partial charge in [-0.3, -0.25) is 9.69 Å². The van der Waals surface area contributed by atoms with Crippen molar-refractivity contribution in [2.45, 2.75) is 64.6 Å². The fourth-order valence-electron chi connectivity index (χ4n) is 2.58. The standard InChI is InChI=1S/C19H30N2O2/c1-13(2)16-7-6-8-18(11-16)23-15(4)19(22)20-12-14(3)21(5)17-9-10-17/h6-8,11,13-15,17H,9-10,12H2,1-5H3,(H,20,22). The van der Waals surface area contributed by atoms with Gasteiger partial charge in [0.05, 0.1) is 0 Å². The molecule has 1 saturated carbocycles. The van der Waals surface area contributed by atoms with Gasteiger partial charge in [0.1, 0.15) is 5.75 Å². The maximum atomic E-state index is 12.2. The van der Waals surface area contributed by atoms with Crippen LogP contribution in [-0.2, 0) is 4.79 Å². The summed E-state index contributed by atoms with van der Waals surface area (Å²) in [6.45, 7) is 8.90. The molecule has 4 heteroatoms. The summed E-state index contributed by atoms with van der Waals surface area (Å²) in [7, 11) is 2.13. The second-order valence-corrected chi connectivity index (χ2v) is 6.98. The summed E-state index contributed by atoms with van der Waals surface area (Å²) in [4.78, 5) is 14.6. The van der Waals surface area contributed by atoms with E-state index in [4.69, 9.17) is 4.74 Å². The van der Waals surface area contributed by atoms with Gasteiger partial charge in [-0.1, -0.05) is 26.0 Å². The molecule has 2 atom stereocenters. The van der Waals surface area contributed by atoms with Crippen molar-refractivity contribution in [3.8, 4) is 5.75 Å². The van der Waals surface area contributed by atoms with E-state index in [1.807, 2.05) is 18.2 Å². The van der Waals surface area contributed by atoms with Gasteiger partial charge >= 0.3 is 0 Å². The van der Waals surface area contributed by atoms with Crippen LogP contribution in [0.15, 0.2) is 24.3 Å². The van der Waals surface area contributed by atoms with Crippen LogP contribution in [0.1, 0.15) is 52.0 Å². The van der Waals surface area contributed by atoms with E-state index < -0.39 is 6.10 Å². The van der Waals surface area contributed by atoms with Gasteiger partial charge < -0.3 is 10.1 Å². The maximum Gasteiger partial charge on any atom is 0.260 e. The Balaban J connectivity index is 1.81. The highest BCUT2D eigenvalue weighted by atomic mass is 16.5. The summed E-state index contributed by atoms with van der Waals surface area (Å²) in [5.74, 6) is 1.14. The number of benzene rings is 1. The van der Waals surface area contributed by atoms with Crippen LogP contribution in [0.4, 0.5) is 0 Å². The summed E-state index contributed by atoms with van der Waals surface area (Å²) < 4.78 is 5.79. The Morgan fingerprint density at radius 3 is 2.61 bits per heavy atom. The van der Waals surface area contributed by atoms with E-state index in [9.17, 15) is 4.79 Å². The molecule has 23 heavy (non-hydrogen) atoms. The van der Waals surface area contributed by atoms with Gasteiger partial charge in [-0.25, -0.2) is 0 Å². The molecule has 4 nitrogen and oxygen atoms in total. The monoisotopic (exact) mass is 318 g/mol. The highest BCUT2D eigenvalue weighted by Gasteiger charge is 2.29. The van der Waals surface area contributed by atoms with E-state index in [2.05, 4.69) is 44.1 Å². The zero-order chi connectivity index (χ0) is 17.0. The van der Waals surface area contributed by atoms with Gasteiger partial charge in [0.25, 0.3) is 5.91 Å². The van der Waals surface area contributed by atoms with E-state index in [0.717, 1.165) is 5.75 Å². The summed E-state index contributed by atoms with van der Waals surface area (Å²) in [5, 5.41) is 3.00. The van der Waals surface area contributed by atoms with Crippen molar-refractivity contribution in [3.63, 3.8) is 0 Å². The van der Waals surface area contributed by atoms with Crippen molar-refractivity contribution in [1.29, 1.82) is 0 Å². The minimum atomic E-state index is -0.490. The third kappa shape index (κ3) is 5.24. The number of ether oxygens (including phenoxy) is 1. The van der Waals surface area contributed by atoms with Gasteiger partial charge in [0.15, 0.2) is 6.10 Å². The minimum Gasteiger partial charge on any atom is -0.481 e. The Hall–Kier alpha value is -1.55. The first-order chi connectivity index (χ1) is 10.9. The third-order valence-electron chi connectivity index (χ3n) is 4.60. The number of carbonyl (C=O) groups excluding carboxylic acids is 1. The molecular weight excluding hydrogens is 288 g/mol. The minimum absolute atomic E-state index is 0.0593. The van der Waals surface area contributed by atoms with Gasteiger partial charge in [-0.05, 0) is 57.4 Å². The molecule has 0 saturated heterocycles. The topological polar surface area (TPSA) is 41.6 Å². The molecule has 1 aliphatic rings. The number of nitrogens with one attached hydrogen (secondary N) is 1. The third-order valence-corrected chi connectivity index (χ3v) is 4.60. The molecule has 1 aromatic rings. The van der Waals surface area contributed by atoms with Crippen molar-refractivity contribution < 1.29 is 9.53 Å². The zero-order valence-electron chi connectivity index (χ0n) is 15.0. The molecule has 0 aromatic heterocycles. The number of amides is 1. The molecule has 128 valence electrons. The Labute approximate surface area is 140 Å². The molecule has 1 aromatic carbocycles. The van der Waals surface area contributed by atoms with Crippen molar-refractivity contribution in [3.05, 3.63) is 29.8 Å². The van der Waals surface area contributed by atoms with E-state index in [0.29, 0.717) is 24.5 Å². The number of carbonyl (C=O) groups is 1. The van der Waals surface area contributed by atoms with E-state index in [1.54, 1.807) is 6.92 Å². The van der Waals surface area contributed by atoms with Gasteiger partial charge in [0, 0.05) is 18.6 Å². The van der Waals surface area contributed by atoms with Crippen LogP contribution in [0.3, 0.4) is 0 Å². The SMILES string of the molecule is CC(Oc1cccc(C(C)C)c1)C(=O)NCC(C)N(C)C1CC1. The second-order valence-electron chi connectivity index (χ2n) is 6.98. The van der Waals surface area contributed by atoms with Crippen LogP contribution >= 0.6 is 0 Å². The molecule has 1 N–H and O–H groups in total. The Morgan fingerprint density at radius 2 is 2.00 bits per heavy atom. The molecule has 2 rings (SSSR count). The van der Waals surface area contributed by atoms with Crippen molar-refractivity contribution in [2.75, 3.05) is 13.6 Å². The van der Waals surface area contributed by atoms with Gasteiger partial charge in [-0.15, -0.1) is 0 Å². The first-order valence-electron chi connectivity index (χ1n) is 8.64.